The van der Waals surface area contributed by atoms with Gasteiger partial charge in [0.2, 0.25) is 5.91 Å². The molecule has 0 radical (unpaired) electrons. The van der Waals surface area contributed by atoms with Crippen LogP contribution in [-0.4, -0.2) is 53.3 Å². The molecule has 0 fully saturated rings. The smallest absolute Gasteiger partial charge is 0.274 e. The summed E-state index contributed by atoms with van der Waals surface area (Å²) in [5.74, 6) is 0.481. The van der Waals surface area contributed by atoms with E-state index in [4.69, 9.17) is 9.47 Å². The third-order valence-electron chi connectivity index (χ3n) is 4.76. The van der Waals surface area contributed by atoms with E-state index in [1.165, 1.54) is 21.7 Å². The Morgan fingerprint density at radius 3 is 2.52 bits per heavy atom. The summed E-state index contributed by atoms with van der Waals surface area (Å²) in [6, 6.07) is 18.8. The number of amides is 2. The highest BCUT2D eigenvalue weighted by Gasteiger charge is 2.20. The van der Waals surface area contributed by atoms with Crippen molar-refractivity contribution in [3.8, 4) is 11.5 Å². The number of benzene rings is 2. The van der Waals surface area contributed by atoms with Crippen LogP contribution < -0.4 is 20.3 Å². The van der Waals surface area contributed by atoms with Gasteiger partial charge in [0.25, 0.3) is 11.5 Å². The van der Waals surface area contributed by atoms with Crippen LogP contribution in [0.2, 0.25) is 0 Å². The fourth-order valence-corrected chi connectivity index (χ4v) is 3.05. The standard InChI is InChI=1S/C24H26N4O5/c1-3-27(17-22(29)25-18-8-7-11-20(16-18)32-2)24(31)21-12-13-23(30)28(26-21)14-15-33-19-9-5-4-6-10-19/h4-13,16H,3,14-15,17H2,1-2H3,(H,25,29). The van der Waals surface area contributed by atoms with E-state index >= 15 is 0 Å². The third kappa shape index (κ3) is 6.67. The van der Waals surface area contributed by atoms with E-state index in [1.54, 1.807) is 38.3 Å². The predicted molar refractivity (Wildman–Crippen MR) is 124 cm³/mol. The van der Waals surface area contributed by atoms with Crippen LogP contribution in [0, 0.1) is 0 Å². The first-order valence-electron chi connectivity index (χ1n) is 10.5. The lowest BCUT2D eigenvalue weighted by atomic mass is 10.3. The van der Waals surface area contributed by atoms with Crippen molar-refractivity contribution in [3.63, 3.8) is 0 Å². The van der Waals surface area contributed by atoms with E-state index in [2.05, 4.69) is 10.4 Å². The lowest BCUT2D eigenvalue weighted by Crippen LogP contribution is -2.39. The molecule has 1 aromatic heterocycles. The molecule has 1 N–H and O–H groups in total. The van der Waals surface area contributed by atoms with Gasteiger partial charge < -0.3 is 19.7 Å². The molecule has 3 aromatic rings. The van der Waals surface area contributed by atoms with Crippen LogP contribution in [0.5, 0.6) is 11.5 Å². The first kappa shape index (κ1) is 23.5. The largest absolute Gasteiger partial charge is 0.497 e. The van der Waals surface area contributed by atoms with Gasteiger partial charge in [-0.3, -0.25) is 14.4 Å². The summed E-state index contributed by atoms with van der Waals surface area (Å²) in [6.45, 7) is 2.29. The number of carbonyl (C=O) groups is 2. The maximum Gasteiger partial charge on any atom is 0.274 e. The molecule has 0 unspecified atom stereocenters. The molecular weight excluding hydrogens is 424 g/mol. The molecule has 172 valence electrons. The van der Waals surface area contributed by atoms with Crippen LogP contribution in [-0.2, 0) is 11.3 Å². The van der Waals surface area contributed by atoms with E-state index in [1.807, 2.05) is 30.3 Å². The van der Waals surface area contributed by atoms with E-state index < -0.39 is 5.91 Å². The number of methoxy groups -OCH3 is 1. The average molecular weight is 450 g/mol. The highest BCUT2D eigenvalue weighted by atomic mass is 16.5. The summed E-state index contributed by atoms with van der Waals surface area (Å²) in [5.41, 5.74) is 0.292. The Morgan fingerprint density at radius 2 is 1.79 bits per heavy atom. The number of para-hydroxylation sites is 1. The lowest BCUT2D eigenvalue weighted by molar-refractivity contribution is -0.116. The molecule has 0 saturated carbocycles. The van der Waals surface area contributed by atoms with Crippen LogP contribution in [0.1, 0.15) is 17.4 Å². The van der Waals surface area contributed by atoms with E-state index in [0.717, 1.165) is 0 Å². The van der Waals surface area contributed by atoms with Crippen LogP contribution in [0.3, 0.4) is 0 Å². The molecule has 0 aliphatic heterocycles. The fourth-order valence-electron chi connectivity index (χ4n) is 3.05. The number of anilines is 1. The normalized spacial score (nSPS) is 10.4. The van der Waals surface area contributed by atoms with Gasteiger partial charge in [0, 0.05) is 24.4 Å². The molecule has 2 amide bonds. The number of likely N-dealkylation sites (N-methyl/N-ethyl adjacent to an activating group) is 1. The maximum atomic E-state index is 12.9. The summed E-state index contributed by atoms with van der Waals surface area (Å²) in [5, 5.41) is 6.92. The maximum absolute atomic E-state index is 12.9. The number of hydrogen-bond acceptors (Lipinski definition) is 6. The van der Waals surface area contributed by atoms with E-state index in [9.17, 15) is 14.4 Å². The first-order chi connectivity index (χ1) is 16.0. The second kappa shape index (κ2) is 11.5. The van der Waals surface area contributed by atoms with Crippen LogP contribution in [0.15, 0.2) is 71.5 Å². The summed E-state index contributed by atoms with van der Waals surface area (Å²) < 4.78 is 11.9. The monoisotopic (exact) mass is 450 g/mol. The van der Waals surface area contributed by atoms with Gasteiger partial charge in [0.05, 0.1) is 13.7 Å². The molecule has 0 aliphatic carbocycles. The molecule has 3 rings (SSSR count). The Labute approximate surface area is 191 Å². The Morgan fingerprint density at radius 1 is 1.03 bits per heavy atom. The van der Waals surface area contributed by atoms with Crippen molar-refractivity contribution in [2.45, 2.75) is 13.5 Å². The van der Waals surface area contributed by atoms with Crippen molar-refractivity contribution >= 4 is 17.5 Å². The summed E-state index contributed by atoms with van der Waals surface area (Å²) in [7, 11) is 1.54. The number of ether oxygens (including phenoxy) is 2. The third-order valence-corrected chi connectivity index (χ3v) is 4.76. The second-order valence-electron chi connectivity index (χ2n) is 7.04. The van der Waals surface area contributed by atoms with Gasteiger partial charge in [0.15, 0.2) is 0 Å². The molecule has 0 aliphatic rings. The number of nitrogens with one attached hydrogen (secondary N) is 1. The second-order valence-corrected chi connectivity index (χ2v) is 7.04. The molecule has 9 nitrogen and oxygen atoms in total. The first-order valence-corrected chi connectivity index (χ1v) is 10.5. The minimum atomic E-state index is -0.448. The zero-order valence-electron chi connectivity index (χ0n) is 18.6. The molecule has 33 heavy (non-hydrogen) atoms. The molecule has 2 aromatic carbocycles. The van der Waals surface area contributed by atoms with Crippen LogP contribution >= 0.6 is 0 Å². The van der Waals surface area contributed by atoms with E-state index in [-0.39, 0.29) is 36.9 Å². The van der Waals surface area contributed by atoms with Crippen molar-refractivity contribution < 1.29 is 19.1 Å². The van der Waals surface area contributed by atoms with Gasteiger partial charge in [-0.05, 0) is 37.3 Å². The lowest BCUT2D eigenvalue weighted by Gasteiger charge is -2.20. The molecule has 9 heteroatoms. The Kier molecular flexibility index (Phi) is 8.18. The fraction of sp³-hybridized carbons (Fsp3) is 0.250. The van der Waals surface area contributed by atoms with Gasteiger partial charge >= 0.3 is 0 Å². The quantitative estimate of drug-likeness (QED) is 0.509. The van der Waals surface area contributed by atoms with Gasteiger partial charge in [-0.1, -0.05) is 24.3 Å². The Balaban J connectivity index is 1.63. The van der Waals surface area contributed by atoms with Crippen LogP contribution in [0.25, 0.3) is 0 Å². The van der Waals surface area contributed by atoms with Crippen molar-refractivity contribution in [2.24, 2.45) is 0 Å². The molecule has 0 atom stereocenters. The minimum absolute atomic E-state index is 0.0744. The molecular formula is C24H26N4O5. The van der Waals surface area contributed by atoms with Crippen molar-refractivity contribution in [1.82, 2.24) is 14.7 Å². The topological polar surface area (TPSA) is 103 Å². The van der Waals surface area contributed by atoms with Crippen molar-refractivity contribution in [2.75, 3.05) is 32.1 Å². The van der Waals surface area contributed by atoms with Gasteiger partial charge in [0.1, 0.15) is 30.3 Å². The predicted octanol–water partition coefficient (Wildman–Crippen LogP) is 2.43. The summed E-state index contributed by atoms with van der Waals surface area (Å²) in [4.78, 5) is 38.9. The number of aromatic nitrogens is 2. The molecule has 1 heterocycles. The Bertz CT molecular complexity index is 1150. The molecule has 0 saturated heterocycles. The molecule has 0 bridgehead atoms. The number of hydrogen-bond donors (Lipinski definition) is 1. The van der Waals surface area contributed by atoms with Gasteiger partial charge in [-0.15, -0.1) is 0 Å². The SMILES string of the molecule is CCN(CC(=O)Nc1cccc(OC)c1)C(=O)c1ccc(=O)n(CCOc2ccccc2)n1. The van der Waals surface area contributed by atoms with Gasteiger partial charge in [-0.2, -0.15) is 5.10 Å². The minimum Gasteiger partial charge on any atom is -0.497 e. The van der Waals surface area contributed by atoms with E-state index in [0.29, 0.717) is 23.7 Å². The highest BCUT2D eigenvalue weighted by molar-refractivity contribution is 5.98. The molecule has 0 spiro atoms. The van der Waals surface area contributed by atoms with Crippen molar-refractivity contribution in [3.05, 3.63) is 82.8 Å². The Hall–Kier alpha value is -4.14. The van der Waals surface area contributed by atoms with Crippen LogP contribution in [0.4, 0.5) is 5.69 Å². The number of carbonyl (C=O) groups excluding carboxylic acids is 2. The van der Waals surface area contributed by atoms with Crippen molar-refractivity contribution in [1.29, 1.82) is 0 Å². The van der Waals surface area contributed by atoms with Gasteiger partial charge in [-0.25, -0.2) is 4.68 Å². The average Bonchev–Trinajstić information content (AvgIpc) is 2.84. The zero-order valence-corrected chi connectivity index (χ0v) is 18.6. The zero-order chi connectivity index (χ0) is 23.6. The number of nitrogens with zero attached hydrogens (tertiary/aromatic N) is 3. The number of rotatable bonds is 10. The highest BCUT2D eigenvalue weighted by Crippen LogP contribution is 2.16. The summed E-state index contributed by atoms with van der Waals surface area (Å²) >= 11 is 0. The summed E-state index contributed by atoms with van der Waals surface area (Å²) in [6.07, 6.45) is 0.